The molecule has 0 amide bonds. The van der Waals surface area contributed by atoms with Gasteiger partial charge in [-0.2, -0.15) is 0 Å². The van der Waals surface area contributed by atoms with E-state index in [1.54, 1.807) is 6.92 Å². The van der Waals surface area contributed by atoms with E-state index < -0.39 is 56.3 Å². The number of aliphatic hydroxyl groups excluding tert-OH is 3. The van der Waals surface area contributed by atoms with Crippen LogP contribution in [0.4, 0.5) is 4.39 Å². The molecule has 12 nitrogen and oxygen atoms in total. The highest BCUT2D eigenvalue weighted by Gasteiger charge is 2.41. The van der Waals surface area contributed by atoms with Crippen LogP contribution in [0.1, 0.15) is 39.0 Å². The second kappa shape index (κ2) is 15.0. The quantitative estimate of drug-likeness (QED) is 0.0583. The fraction of sp³-hybridized carbons (Fsp3) is 0.864. The summed E-state index contributed by atoms with van der Waals surface area (Å²) in [6.07, 6.45) is -0.930. The van der Waals surface area contributed by atoms with Gasteiger partial charge in [-0.05, 0) is 31.8 Å². The minimum Gasteiger partial charge on any atom is -0.400 e. The van der Waals surface area contributed by atoms with Crippen molar-refractivity contribution in [3.05, 3.63) is 11.8 Å². The van der Waals surface area contributed by atoms with Crippen molar-refractivity contribution in [1.82, 2.24) is 10.6 Å². The van der Waals surface area contributed by atoms with Crippen LogP contribution in [0.15, 0.2) is 11.8 Å². The first-order valence-electron chi connectivity index (χ1n) is 12.2. The normalized spacial score (nSPS) is 33.8. The van der Waals surface area contributed by atoms with Gasteiger partial charge >= 0.3 is 0 Å². The summed E-state index contributed by atoms with van der Waals surface area (Å²) in [7, 11) is 0. The third kappa shape index (κ3) is 9.52. The third-order valence-electron chi connectivity index (χ3n) is 6.28. The van der Waals surface area contributed by atoms with Gasteiger partial charge in [0.15, 0.2) is 12.6 Å². The van der Waals surface area contributed by atoms with Crippen molar-refractivity contribution >= 4 is 5.84 Å². The Kier molecular flexibility index (Phi) is 12.8. The molecule has 0 spiro atoms. The Labute approximate surface area is 205 Å². The number of hydrogen-bond acceptors (Lipinski definition) is 11. The Balaban J connectivity index is 2.08. The molecule has 1 aliphatic heterocycles. The van der Waals surface area contributed by atoms with Crippen LogP contribution in [0.2, 0.25) is 0 Å². The Morgan fingerprint density at radius 2 is 1.97 bits per heavy atom. The molecule has 9 unspecified atom stereocenters. The van der Waals surface area contributed by atoms with Gasteiger partial charge < -0.3 is 57.4 Å². The van der Waals surface area contributed by atoms with E-state index in [0.29, 0.717) is 25.8 Å². The Morgan fingerprint density at radius 3 is 2.63 bits per heavy atom. The van der Waals surface area contributed by atoms with E-state index in [4.69, 9.17) is 41.9 Å². The van der Waals surface area contributed by atoms with Crippen molar-refractivity contribution in [2.45, 2.75) is 94.1 Å². The smallest absolute Gasteiger partial charge is 0.176 e. The summed E-state index contributed by atoms with van der Waals surface area (Å²) in [5.74, 6) is -0.0705. The minimum atomic E-state index is -1.41. The number of halogens is 1. The van der Waals surface area contributed by atoms with Gasteiger partial charge in [-0.15, -0.1) is 0 Å². The maximum absolute atomic E-state index is 12.4. The minimum absolute atomic E-state index is 0.0467. The summed E-state index contributed by atoms with van der Waals surface area (Å²) < 4.78 is 30.3. The van der Waals surface area contributed by atoms with Crippen LogP contribution in [-0.2, 0) is 14.2 Å². The highest BCUT2D eigenvalue weighted by molar-refractivity contribution is 5.83. The number of aliphatic hydroxyl groups is 3. The lowest BCUT2D eigenvalue weighted by Crippen LogP contribution is -2.60. The number of hydrogen-bond donors (Lipinski definition) is 9. The van der Waals surface area contributed by atoms with Crippen LogP contribution in [0.5, 0.6) is 0 Å². The molecule has 9 atom stereocenters. The zero-order chi connectivity index (χ0) is 26.0. The molecule has 1 saturated carbocycles. The monoisotopic (exact) mass is 506 g/mol. The molecule has 2 aliphatic rings. The number of nitrogens with one attached hydrogen (secondary N) is 3. The Bertz CT molecular complexity index is 676. The molecule has 2 fully saturated rings. The summed E-state index contributed by atoms with van der Waals surface area (Å²) in [4.78, 5) is 0. The van der Waals surface area contributed by atoms with Crippen molar-refractivity contribution in [2.75, 3.05) is 26.4 Å². The average Bonchev–Trinajstić information content (AvgIpc) is 2.83. The Hall–Kier alpha value is -1.42. The number of nitrogens with two attached hydrogens (primary N) is 3. The van der Waals surface area contributed by atoms with Crippen molar-refractivity contribution in [2.24, 2.45) is 17.2 Å². The summed E-state index contributed by atoms with van der Waals surface area (Å²) in [6.45, 7) is 1.59. The van der Waals surface area contributed by atoms with Gasteiger partial charge in [-0.1, -0.05) is 6.92 Å². The van der Waals surface area contributed by atoms with Gasteiger partial charge in [0, 0.05) is 31.2 Å². The van der Waals surface area contributed by atoms with Crippen LogP contribution in [0.25, 0.3) is 0 Å². The zero-order valence-electron chi connectivity index (χ0n) is 20.3. The molecule has 0 radical (unpaired) electrons. The number of alkyl halides is 1. The molecule has 0 bridgehead atoms. The van der Waals surface area contributed by atoms with Crippen LogP contribution >= 0.6 is 0 Å². The number of amidine groups is 1. The fourth-order valence-electron chi connectivity index (χ4n) is 4.24. The SMILES string of the molecule is CCC(O)C(=N)NC1CC(N)C(OC2OC(CNCCF)CCC2N)CC1OC(O)/C=C(/N)CO. The second-order valence-electron chi connectivity index (χ2n) is 9.12. The van der Waals surface area contributed by atoms with Crippen molar-refractivity contribution < 1.29 is 33.9 Å². The number of ether oxygens (including phenoxy) is 3. The molecule has 0 aromatic rings. The lowest BCUT2D eigenvalue weighted by atomic mass is 9.86. The molecule has 13 heteroatoms. The number of rotatable bonds is 13. The highest BCUT2D eigenvalue weighted by Crippen LogP contribution is 2.29. The first-order chi connectivity index (χ1) is 16.7. The molecule has 1 saturated heterocycles. The summed E-state index contributed by atoms with van der Waals surface area (Å²) >= 11 is 0. The highest BCUT2D eigenvalue weighted by atomic mass is 19.1. The molecule has 12 N–H and O–H groups in total. The van der Waals surface area contributed by atoms with E-state index in [1.165, 1.54) is 6.08 Å². The van der Waals surface area contributed by atoms with Gasteiger partial charge in [0.05, 0.1) is 37.0 Å². The predicted octanol–water partition coefficient (Wildman–Crippen LogP) is -1.87. The van der Waals surface area contributed by atoms with Gasteiger partial charge in [0.25, 0.3) is 0 Å². The standard InChI is InChI=1S/C22H43FN6O6/c1-2-17(31)21(27)29-16-8-15(26)18(9-19(16)34-20(32)7-12(24)11-30)35-22-14(25)4-3-13(33-22)10-28-6-5-23/h7,13-20,22,28,30-32H,2-6,8-11,24-26H2,1H3,(H2,27,29)/b12-7+. The van der Waals surface area contributed by atoms with Crippen LogP contribution in [0.3, 0.4) is 0 Å². The van der Waals surface area contributed by atoms with E-state index in [1.807, 2.05) is 0 Å². The lowest BCUT2D eigenvalue weighted by molar-refractivity contribution is -0.238. The molecule has 0 aromatic carbocycles. The molecule has 35 heavy (non-hydrogen) atoms. The van der Waals surface area contributed by atoms with Gasteiger partial charge in [-0.25, -0.2) is 4.39 Å². The molecule has 2 rings (SSSR count). The summed E-state index contributed by atoms with van der Waals surface area (Å²) in [6, 6.07) is -1.31. The van der Waals surface area contributed by atoms with Crippen molar-refractivity contribution in [3.63, 3.8) is 0 Å². The van der Waals surface area contributed by atoms with Gasteiger partial charge in [-0.3, -0.25) is 5.41 Å². The fourth-order valence-corrected chi connectivity index (χ4v) is 4.24. The largest absolute Gasteiger partial charge is 0.400 e. The van der Waals surface area contributed by atoms with Crippen molar-refractivity contribution in [1.29, 1.82) is 5.41 Å². The van der Waals surface area contributed by atoms with Gasteiger partial charge in [0.1, 0.15) is 18.6 Å². The van der Waals surface area contributed by atoms with Gasteiger partial charge in [0.2, 0.25) is 0 Å². The lowest BCUT2D eigenvalue weighted by Gasteiger charge is -2.44. The zero-order valence-corrected chi connectivity index (χ0v) is 20.3. The van der Waals surface area contributed by atoms with Crippen molar-refractivity contribution in [3.8, 4) is 0 Å². The van der Waals surface area contributed by atoms with E-state index >= 15 is 0 Å². The first-order valence-corrected chi connectivity index (χ1v) is 12.2. The van der Waals surface area contributed by atoms with Crippen LogP contribution in [-0.4, -0.2) is 103 Å². The molecule has 204 valence electrons. The first kappa shape index (κ1) is 29.8. The topological polar surface area (TPSA) is 214 Å². The molecular formula is C22H43FN6O6. The molecule has 1 aliphatic carbocycles. The molecule has 0 aromatic heterocycles. The maximum Gasteiger partial charge on any atom is 0.176 e. The van der Waals surface area contributed by atoms with E-state index in [-0.39, 0.29) is 36.6 Å². The average molecular weight is 507 g/mol. The van der Waals surface area contributed by atoms with Crippen LogP contribution in [0, 0.1) is 5.41 Å². The van der Waals surface area contributed by atoms with E-state index in [0.717, 1.165) is 6.42 Å². The second-order valence-corrected chi connectivity index (χ2v) is 9.12. The summed E-state index contributed by atoms with van der Waals surface area (Å²) in [5.41, 5.74) is 18.3. The predicted molar refractivity (Wildman–Crippen MR) is 128 cm³/mol. The third-order valence-corrected chi connectivity index (χ3v) is 6.28. The van der Waals surface area contributed by atoms with E-state index in [2.05, 4.69) is 10.6 Å². The molecule has 1 heterocycles. The maximum atomic E-state index is 12.4. The van der Waals surface area contributed by atoms with E-state index in [9.17, 15) is 14.6 Å². The molecular weight excluding hydrogens is 463 g/mol. The van der Waals surface area contributed by atoms with Crippen LogP contribution < -0.4 is 27.8 Å². The Morgan fingerprint density at radius 1 is 1.23 bits per heavy atom. The summed E-state index contributed by atoms with van der Waals surface area (Å²) in [5, 5.41) is 43.4.